The normalized spacial score (nSPS) is 22.3. The molecular formula is C23H26Cl2N2O3Zr. The van der Waals surface area contributed by atoms with Gasteiger partial charge in [-0.25, -0.2) is 0 Å². The van der Waals surface area contributed by atoms with Crippen LogP contribution in [0.1, 0.15) is 56.2 Å². The molecule has 0 amide bonds. The second-order valence-corrected chi connectivity index (χ2v) is 12.5. The predicted octanol–water partition coefficient (Wildman–Crippen LogP) is 6.61. The van der Waals surface area contributed by atoms with Crippen LogP contribution in [0.25, 0.3) is 0 Å². The first-order valence-electron chi connectivity index (χ1n) is 10.3. The van der Waals surface area contributed by atoms with Gasteiger partial charge in [-0.15, -0.1) is 0 Å². The Bertz CT molecular complexity index is 953. The fourth-order valence-corrected chi connectivity index (χ4v) is 4.90. The fraction of sp³-hybridized carbons (Fsp3) is 0.435. The number of fused-ring (bicyclic) bond motifs is 2. The number of hydrogen-bond acceptors (Lipinski definition) is 4. The number of phenols is 1. The Kier molecular flexibility index (Phi) is 8.34. The van der Waals surface area contributed by atoms with Gasteiger partial charge in [0.25, 0.3) is 5.69 Å². The first-order chi connectivity index (χ1) is 14.8. The topological polar surface area (TPSA) is 75.7 Å². The molecule has 4 rings (SSSR count). The Morgan fingerprint density at radius 3 is 2.42 bits per heavy atom. The standard InChI is InChI=1S/C23H26N2O3.2ClH.Zr/c1-23(2,18-6-4-3-5-7-18)20-13-19(25(27)28)12-17(22(20)26)14-24-21-11-15-8-9-16(21)10-15;;;/h3-7,12-16,21,26H,8-11H2,1-2H3;2*1H;/q;;;+2/p-2. The van der Waals surface area contributed by atoms with Gasteiger partial charge in [0, 0.05) is 34.9 Å². The number of aromatic hydroxyl groups is 1. The molecule has 0 spiro atoms. The molecule has 0 aliphatic heterocycles. The van der Waals surface area contributed by atoms with Gasteiger partial charge in [-0.05, 0) is 36.7 Å². The molecule has 0 aromatic heterocycles. The molecule has 8 heteroatoms. The van der Waals surface area contributed by atoms with Gasteiger partial charge in [0.1, 0.15) is 5.75 Å². The number of hydrogen-bond donors (Lipinski definition) is 1. The molecular weight excluding hydrogens is 514 g/mol. The van der Waals surface area contributed by atoms with E-state index in [4.69, 9.17) is 22.0 Å². The van der Waals surface area contributed by atoms with E-state index in [1.54, 1.807) is 6.21 Å². The zero-order chi connectivity index (χ0) is 22.6. The Morgan fingerprint density at radius 2 is 1.87 bits per heavy atom. The van der Waals surface area contributed by atoms with Crippen molar-refractivity contribution in [2.24, 2.45) is 16.8 Å². The minimum atomic E-state index is -0.826. The monoisotopic (exact) mass is 538 g/mol. The van der Waals surface area contributed by atoms with Gasteiger partial charge in [-0.2, -0.15) is 0 Å². The summed E-state index contributed by atoms with van der Waals surface area (Å²) in [6.07, 6.45) is 6.51. The molecule has 0 heterocycles. The van der Waals surface area contributed by atoms with E-state index >= 15 is 0 Å². The van der Waals surface area contributed by atoms with Crippen LogP contribution in [-0.2, 0) is 26.3 Å². The summed E-state index contributed by atoms with van der Waals surface area (Å²) < 4.78 is 0. The first-order valence-corrected chi connectivity index (χ1v) is 16.7. The third-order valence-corrected chi connectivity index (χ3v) is 6.61. The summed E-state index contributed by atoms with van der Waals surface area (Å²) in [7, 11) is 9.87. The molecule has 164 valence electrons. The second kappa shape index (κ2) is 10.6. The van der Waals surface area contributed by atoms with Crippen molar-refractivity contribution in [3.8, 4) is 5.75 Å². The number of rotatable bonds is 5. The fourth-order valence-electron chi connectivity index (χ4n) is 4.90. The molecule has 5 nitrogen and oxygen atoms in total. The average Bonchev–Trinajstić information content (AvgIpc) is 3.37. The molecule has 0 radical (unpaired) electrons. The van der Waals surface area contributed by atoms with Gasteiger partial charge < -0.3 is 5.11 Å². The van der Waals surface area contributed by atoms with Gasteiger partial charge in [-0.3, -0.25) is 15.1 Å². The summed E-state index contributed by atoms with van der Waals surface area (Å²) in [6.45, 7) is 3.94. The van der Waals surface area contributed by atoms with Crippen LogP contribution in [-0.4, -0.2) is 22.3 Å². The number of nitro benzene ring substituents is 1. The van der Waals surface area contributed by atoms with Gasteiger partial charge in [0.15, 0.2) is 0 Å². The van der Waals surface area contributed by atoms with E-state index in [9.17, 15) is 15.2 Å². The van der Waals surface area contributed by atoms with Crippen molar-refractivity contribution < 1.29 is 30.9 Å². The molecule has 31 heavy (non-hydrogen) atoms. The predicted molar refractivity (Wildman–Crippen MR) is 122 cm³/mol. The van der Waals surface area contributed by atoms with E-state index in [-0.39, 0.29) is 17.5 Å². The van der Waals surface area contributed by atoms with E-state index in [2.05, 4.69) is 0 Å². The van der Waals surface area contributed by atoms with Crippen molar-refractivity contribution in [2.45, 2.75) is 51.0 Å². The van der Waals surface area contributed by atoms with Crippen LogP contribution in [0.5, 0.6) is 5.75 Å². The Balaban J connectivity index is 0.000000858. The summed E-state index contributed by atoms with van der Waals surface area (Å²) in [6, 6.07) is 12.9. The van der Waals surface area contributed by atoms with E-state index in [0.717, 1.165) is 17.9 Å². The second-order valence-electron chi connectivity index (χ2n) is 8.77. The molecule has 2 saturated carbocycles. The van der Waals surface area contributed by atoms with E-state index in [1.165, 1.54) is 31.4 Å². The number of non-ortho nitro benzene ring substituents is 1. The van der Waals surface area contributed by atoms with Crippen molar-refractivity contribution in [3.63, 3.8) is 0 Å². The maximum absolute atomic E-state index is 11.5. The summed E-state index contributed by atoms with van der Waals surface area (Å²) in [5, 5.41) is 22.5. The molecule has 3 atom stereocenters. The zero-order valence-electron chi connectivity index (χ0n) is 17.6. The number of aliphatic imine (C=N–C) groups is 1. The van der Waals surface area contributed by atoms with Crippen LogP contribution in [0.15, 0.2) is 47.5 Å². The number of phenolic OH excluding ortho intramolecular Hbond substituents is 1. The molecule has 1 N–H and O–H groups in total. The van der Waals surface area contributed by atoms with Crippen LogP contribution in [0.4, 0.5) is 5.69 Å². The van der Waals surface area contributed by atoms with Crippen molar-refractivity contribution in [2.75, 3.05) is 0 Å². The Labute approximate surface area is 201 Å². The van der Waals surface area contributed by atoms with E-state index in [1.807, 2.05) is 44.2 Å². The zero-order valence-corrected chi connectivity index (χ0v) is 21.6. The van der Waals surface area contributed by atoms with Gasteiger partial charge in [0.05, 0.1) is 11.0 Å². The van der Waals surface area contributed by atoms with Crippen molar-refractivity contribution in [1.82, 2.24) is 0 Å². The maximum atomic E-state index is 11.5. The first kappa shape index (κ1) is 24.4. The van der Waals surface area contributed by atoms with Crippen molar-refractivity contribution in [1.29, 1.82) is 0 Å². The SMILES string of the molecule is CC(C)(c1ccccc1)c1cc([N+](=O)[O-])cc(C=NC2CC3CCC2C3)c1O.[Cl][Zr][Cl]. The molecule has 2 aliphatic carbocycles. The third-order valence-electron chi connectivity index (χ3n) is 6.61. The average molecular weight is 541 g/mol. The van der Waals surface area contributed by atoms with Crippen LogP contribution in [0.3, 0.4) is 0 Å². The van der Waals surface area contributed by atoms with Crippen LogP contribution in [0, 0.1) is 22.0 Å². The summed E-state index contributed by atoms with van der Waals surface area (Å²) in [5.74, 6) is 1.48. The van der Waals surface area contributed by atoms with Gasteiger partial charge in [-0.1, -0.05) is 50.6 Å². The molecule has 2 aromatic carbocycles. The van der Waals surface area contributed by atoms with Crippen LogP contribution in [0.2, 0.25) is 0 Å². The number of nitrogens with zero attached hydrogens (tertiary/aromatic N) is 2. The molecule has 2 aliphatic rings. The number of benzene rings is 2. The molecule has 2 fully saturated rings. The summed E-state index contributed by atoms with van der Waals surface area (Å²) in [5.41, 5.74) is 1.36. The van der Waals surface area contributed by atoms with E-state index < -0.39 is 31.2 Å². The molecule has 2 aromatic rings. The molecule has 0 saturated heterocycles. The molecule has 2 bridgehead atoms. The summed E-state index contributed by atoms with van der Waals surface area (Å²) >= 11 is -0.826. The number of nitro groups is 1. The van der Waals surface area contributed by atoms with Crippen molar-refractivity contribution >= 4 is 28.9 Å². The van der Waals surface area contributed by atoms with E-state index in [0.29, 0.717) is 17.0 Å². The Morgan fingerprint density at radius 1 is 1.19 bits per heavy atom. The van der Waals surface area contributed by atoms with Crippen molar-refractivity contribution in [3.05, 3.63) is 69.3 Å². The minimum absolute atomic E-state index is 0.0220. The van der Waals surface area contributed by atoms with Crippen LogP contribution < -0.4 is 0 Å². The Hall–Kier alpha value is -1.23. The van der Waals surface area contributed by atoms with Gasteiger partial charge in [0.2, 0.25) is 0 Å². The quantitative estimate of drug-likeness (QED) is 0.263. The molecule has 3 unspecified atom stereocenters. The number of halogens is 2. The van der Waals surface area contributed by atoms with Crippen LogP contribution >= 0.6 is 17.0 Å². The third kappa shape index (κ3) is 5.58. The summed E-state index contributed by atoms with van der Waals surface area (Å²) in [4.78, 5) is 15.8. The van der Waals surface area contributed by atoms with Gasteiger partial charge >= 0.3 is 37.9 Å².